The molecule has 102 valence electrons. The van der Waals surface area contributed by atoms with Crippen molar-refractivity contribution in [2.75, 3.05) is 33.5 Å². The highest BCUT2D eigenvalue weighted by molar-refractivity contribution is 7.08. The van der Waals surface area contributed by atoms with Crippen LogP contribution < -0.4 is 4.74 Å². The quantitative estimate of drug-likeness (QED) is 0.692. The summed E-state index contributed by atoms with van der Waals surface area (Å²) in [6, 6.07) is 10.2. The van der Waals surface area contributed by atoms with Gasteiger partial charge in [-0.05, 0) is 40.1 Å². The summed E-state index contributed by atoms with van der Waals surface area (Å²) in [6.45, 7) is 2.36. The van der Waals surface area contributed by atoms with Crippen LogP contribution in [0.15, 0.2) is 41.1 Å². The second-order valence-corrected chi connectivity index (χ2v) is 4.77. The van der Waals surface area contributed by atoms with Crippen LogP contribution in [0, 0.1) is 0 Å². The van der Waals surface area contributed by atoms with Crippen molar-refractivity contribution in [3.05, 3.63) is 41.1 Å². The van der Waals surface area contributed by atoms with Crippen molar-refractivity contribution >= 4 is 11.3 Å². The molecule has 1 aromatic heterocycles. The Bertz CT molecular complexity index is 451. The van der Waals surface area contributed by atoms with Crippen LogP contribution in [0.2, 0.25) is 0 Å². The normalized spacial score (nSPS) is 10.6. The molecule has 0 aliphatic rings. The Labute approximate surface area is 117 Å². The second kappa shape index (κ2) is 7.94. The van der Waals surface area contributed by atoms with Gasteiger partial charge in [-0.15, -0.1) is 0 Å². The first-order chi connectivity index (χ1) is 9.40. The Morgan fingerprint density at radius 2 is 1.68 bits per heavy atom. The summed E-state index contributed by atoms with van der Waals surface area (Å²) in [7, 11) is 1.66. The molecule has 19 heavy (non-hydrogen) atoms. The van der Waals surface area contributed by atoms with Crippen molar-refractivity contribution in [2.45, 2.75) is 0 Å². The Balaban J connectivity index is 1.73. The maximum Gasteiger partial charge on any atom is 0.119 e. The summed E-state index contributed by atoms with van der Waals surface area (Å²) in [5.41, 5.74) is 2.46. The summed E-state index contributed by atoms with van der Waals surface area (Å²) in [5, 5.41) is 4.22. The third-order valence-electron chi connectivity index (χ3n) is 2.64. The lowest BCUT2D eigenvalue weighted by Crippen LogP contribution is -2.09. The van der Waals surface area contributed by atoms with Crippen molar-refractivity contribution in [3.8, 4) is 16.9 Å². The molecule has 0 N–H and O–H groups in total. The van der Waals surface area contributed by atoms with Gasteiger partial charge in [-0.3, -0.25) is 0 Å². The van der Waals surface area contributed by atoms with E-state index >= 15 is 0 Å². The molecule has 0 saturated carbocycles. The highest BCUT2D eigenvalue weighted by Gasteiger charge is 1.99. The van der Waals surface area contributed by atoms with Gasteiger partial charge in [0.25, 0.3) is 0 Å². The van der Waals surface area contributed by atoms with Crippen molar-refractivity contribution in [3.63, 3.8) is 0 Å². The van der Waals surface area contributed by atoms with Gasteiger partial charge >= 0.3 is 0 Å². The number of benzene rings is 1. The molecule has 4 heteroatoms. The molecule has 0 aliphatic heterocycles. The Morgan fingerprint density at radius 3 is 2.37 bits per heavy atom. The van der Waals surface area contributed by atoms with Gasteiger partial charge in [-0.2, -0.15) is 11.3 Å². The van der Waals surface area contributed by atoms with E-state index < -0.39 is 0 Å². The fourth-order valence-electron chi connectivity index (χ4n) is 1.64. The summed E-state index contributed by atoms with van der Waals surface area (Å²) in [4.78, 5) is 0. The van der Waals surface area contributed by atoms with Crippen LogP contribution in [0.1, 0.15) is 0 Å². The minimum absolute atomic E-state index is 0.557. The number of hydrogen-bond donors (Lipinski definition) is 0. The highest BCUT2D eigenvalue weighted by atomic mass is 32.1. The minimum atomic E-state index is 0.557. The first-order valence-electron chi connectivity index (χ1n) is 6.22. The third-order valence-corrected chi connectivity index (χ3v) is 3.32. The lowest BCUT2D eigenvalue weighted by Gasteiger charge is -2.07. The van der Waals surface area contributed by atoms with Crippen molar-refractivity contribution in [1.29, 1.82) is 0 Å². The second-order valence-electron chi connectivity index (χ2n) is 3.99. The molecule has 0 amide bonds. The van der Waals surface area contributed by atoms with Crippen molar-refractivity contribution < 1.29 is 14.2 Å². The maximum atomic E-state index is 5.60. The van der Waals surface area contributed by atoms with Gasteiger partial charge in [0.1, 0.15) is 12.4 Å². The Kier molecular flexibility index (Phi) is 5.88. The number of ether oxygens (including phenoxy) is 3. The molecule has 0 spiro atoms. The van der Waals surface area contributed by atoms with E-state index in [4.69, 9.17) is 14.2 Å². The van der Waals surface area contributed by atoms with Gasteiger partial charge in [0.15, 0.2) is 0 Å². The third kappa shape index (κ3) is 4.67. The van der Waals surface area contributed by atoms with E-state index in [2.05, 4.69) is 29.0 Å². The maximum absolute atomic E-state index is 5.60. The lowest BCUT2D eigenvalue weighted by atomic mass is 10.1. The first kappa shape index (κ1) is 14.1. The van der Waals surface area contributed by atoms with Crippen LogP contribution in [-0.4, -0.2) is 33.5 Å². The molecule has 1 aromatic carbocycles. The zero-order chi connectivity index (χ0) is 13.3. The van der Waals surface area contributed by atoms with E-state index in [0.29, 0.717) is 26.4 Å². The van der Waals surface area contributed by atoms with E-state index in [1.165, 1.54) is 11.1 Å². The molecule has 2 rings (SSSR count). The molecule has 0 atom stereocenters. The molecule has 0 fully saturated rings. The predicted octanol–water partition coefficient (Wildman–Crippen LogP) is 3.46. The summed E-state index contributed by atoms with van der Waals surface area (Å²) >= 11 is 1.70. The van der Waals surface area contributed by atoms with E-state index in [0.717, 1.165) is 5.75 Å². The molecule has 3 nitrogen and oxygen atoms in total. The fraction of sp³-hybridized carbons (Fsp3) is 0.333. The van der Waals surface area contributed by atoms with Gasteiger partial charge in [-0.25, -0.2) is 0 Å². The zero-order valence-corrected chi connectivity index (χ0v) is 11.8. The molecule has 0 bridgehead atoms. The molecule has 0 saturated heterocycles. The number of methoxy groups -OCH3 is 1. The van der Waals surface area contributed by atoms with Crippen LogP contribution >= 0.6 is 11.3 Å². The topological polar surface area (TPSA) is 27.7 Å². The largest absolute Gasteiger partial charge is 0.491 e. The molecule has 0 aliphatic carbocycles. The lowest BCUT2D eigenvalue weighted by molar-refractivity contribution is 0.0544. The summed E-state index contributed by atoms with van der Waals surface area (Å²) < 4.78 is 15.8. The van der Waals surface area contributed by atoms with Crippen LogP contribution in [-0.2, 0) is 9.47 Å². The summed E-state index contributed by atoms with van der Waals surface area (Å²) in [5.74, 6) is 0.870. The first-order valence-corrected chi connectivity index (χ1v) is 7.16. The number of thiophene rings is 1. The van der Waals surface area contributed by atoms with E-state index in [9.17, 15) is 0 Å². The highest BCUT2D eigenvalue weighted by Crippen LogP contribution is 2.24. The van der Waals surface area contributed by atoms with Gasteiger partial charge in [-0.1, -0.05) is 12.1 Å². The average Bonchev–Trinajstić information content (AvgIpc) is 2.97. The van der Waals surface area contributed by atoms with Gasteiger partial charge in [0.05, 0.1) is 19.8 Å². The van der Waals surface area contributed by atoms with Crippen molar-refractivity contribution in [2.24, 2.45) is 0 Å². The Hall–Kier alpha value is -1.36. The van der Waals surface area contributed by atoms with Crippen LogP contribution in [0.5, 0.6) is 5.75 Å². The standard InChI is InChI=1S/C15H18O3S/c1-16-7-8-17-9-10-18-15-4-2-13(3-5-15)14-6-11-19-12-14/h2-6,11-12H,7-10H2,1H3. The SMILES string of the molecule is COCCOCCOc1ccc(-c2ccsc2)cc1. The zero-order valence-electron chi connectivity index (χ0n) is 11.0. The fourth-order valence-corrected chi connectivity index (χ4v) is 2.30. The number of hydrogen-bond acceptors (Lipinski definition) is 4. The van der Waals surface area contributed by atoms with E-state index in [1.807, 2.05) is 12.1 Å². The molecule has 1 heterocycles. The van der Waals surface area contributed by atoms with Gasteiger partial charge < -0.3 is 14.2 Å². The molecular formula is C15H18O3S. The van der Waals surface area contributed by atoms with Crippen LogP contribution in [0.3, 0.4) is 0 Å². The molecule has 0 radical (unpaired) electrons. The predicted molar refractivity (Wildman–Crippen MR) is 77.9 cm³/mol. The summed E-state index contributed by atoms with van der Waals surface area (Å²) in [6.07, 6.45) is 0. The van der Waals surface area contributed by atoms with Crippen LogP contribution in [0.4, 0.5) is 0 Å². The molecular weight excluding hydrogens is 260 g/mol. The van der Waals surface area contributed by atoms with Crippen molar-refractivity contribution in [1.82, 2.24) is 0 Å². The monoisotopic (exact) mass is 278 g/mol. The van der Waals surface area contributed by atoms with E-state index in [1.54, 1.807) is 18.4 Å². The van der Waals surface area contributed by atoms with Gasteiger partial charge in [0.2, 0.25) is 0 Å². The smallest absolute Gasteiger partial charge is 0.119 e. The molecule has 0 unspecified atom stereocenters. The number of rotatable bonds is 8. The van der Waals surface area contributed by atoms with E-state index in [-0.39, 0.29) is 0 Å². The van der Waals surface area contributed by atoms with Crippen LogP contribution in [0.25, 0.3) is 11.1 Å². The average molecular weight is 278 g/mol. The minimum Gasteiger partial charge on any atom is -0.491 e. The van der Waals surface area contributed by atoms with Gasteiger partial charge in [0, 0.05) is 7.11 Å². The molecule has 2 aromatic rings. The Morgan fingerprint density at radius 1 is 0.895 bits per heavy atom.